The first-order valence-electron chi connectivity index (χ1n) is 17.4. The fourth-order valence-electron chi connectivity index (χ4n) is 8.07. The van der Waals surface area contributed by atoms with Crippen molar-refractivity contribution in [2.45, 2.75) is 19.3 Å². The quantitative estimate of drug-likeness (QED) is 0.175. The maximum absolute atomic E-state index is 2.44. The van der Waals surface area contributed by atoms with E-state index in [0.717, 1.165) is 17.1 Å². The predicted octanol–water partition coefficient (Wildman–Crippen LogP) is 13.6. The first-order valence-corrected chi connectivity index (χ1v) is 17.4. The number of nitrogens with zero attached hydrogens (tertiary/aromatic N) is 1. The van der Waals surface area contributed by atoms with Gasteiger partial charge in [-0.2, -0.15) is 0 Å². The fraction of sp³-hybridized carbons (Fsp3) is 0.0612. The van der Waals surface area contributed by atoms with Crippen LogP contribution in [-0.4, -0.2) is 0 Å². The highest BCUT2D eigenvalue weighted by Crippen LogP contribution is 2.56. The van der Waals surface area contributed by atoms with Gasteiger partial charge in [0.05, 0.1) is 5.69 Å². The normalized spacial score (nSPS) is 12.8. The molecular formula is C49H37N. The van der Waals surface area contributed by atoms with Crippen molar-refractivity contribution in [3.05, 3.63) is 199 Å². The Bertz CT molecular complexity index is 2480. The van der Waals surface area contributed by atoms with Crippen molar-refractivity contribution in [1.82, 2.24) is 0 Å². The average molecular weight is 640 g/mol. The number of rotatable bonds is 6. The van der Waals surface area contributed by atoms with Crippen LogP contribution in [0.5, 0.6) is 0 Å². The second-order valence-electron chi connectivity index (χ2n) is 13.7. The van der Waals surface area contributed by atoms with Gasteiger partial charge in [-0.1, -0.05) is 166 Å². The van der Waals surface area contributed by atoms with Crippen molar-refractivity contribution < 1.29 is 0 Å². The summed E-state index contributed by atoms with van der Waals surface area (Å²) in [6.45, 7) is 4.78. The zero-order valence-corrected chi connectivity index (χ0v) is 28.3. The van der Waals surface area contributed by atoms with Crippen LogP contribution in [0, 0.1) is 0 Å². The molecule has 8 aromatic rings. The van der Waals surface area contributed by atoms with E-state index in [-0.39, 0.29) is 5.41 Å². The second kappa shape index (κ2) is 12.1. The molecule has 0 saturated heterocycles. The summed E-state index contributed by atoms with van der Waals surface area (Å²) in [6.07, 6.45) is 0. The summed E-state index contributed by atoms with van der Waals surface area (Å²) < 4.78 is 0. The highest BCUT2D eigenvalue weighted by molar-refractivity contribution is 6.05. The number of hydrogen-bond acceptors (Lipinski definition) is 1. The molecule has 0 spiro atoms. The van der Waals surface area contributed by atoms with Crippen LogP contribution in [-0.2, 0) is 5.41 Å². The highest BCUT2D eigenvalue weighted by Gasteiger charge is 2.39. The second-order valence-corrected chi connectivity index (χ2v) is 13.7. The smallest absolute Gasteiger partial charge is 0.0540 e. The van der Waals surface area contributed by atoms with Crippen LogP contribution in [0.25, 0.3) is 55.3 Å². The molecule has 9 rings (SSSR count). The summed E-state index contributed by atoms with van der Waals surface area (Å²) in [5.74, 6) is 0. The predicted molar refractivity (Wildman–Crippen MR) is 213 cm³/mol. The number of fused-ring (bicyclic) bond motifs is 5. The molecule has 0 amide bonds. The lowest BCUT2D eigenvalue weighted by molar-refractivity contribution is 0.666. The zero-order valence-electron chi connectivity index (χ0n) is 28.3. The van der Waals surface area contributed by atoms with Crippen LogP contribution in [0.2, 0.25) is 0 Å². The first-order chi connectivity index (χ1) is 24.6. The van der Waals surface area contributed by atoms with Gasteiger partial charge in [0.25, 0.3) is 0 Å². The molecule has 50 heavy (non-hydrogen) atoms. The minimum atomic E-state index is -0.169. The van der Waals surface area contributed by atoms with Gasteiger partial charge in [0.2, 0.25) is 0 Å². The molecule has 0 aliphatic heterocycles. The largest absolute Gasteiger partial charge is 0.310 e. The summed E-state index contributed by atoms with van der Waals surface area (Å²) in [6, 6.07) is 68.5. The molecule has 1 aliphatic carbocycles. The maximum atomic E-state index is 2.44. The molecule has 0 aromatic heterocycles. The maximum Gasteiger partial charge on any atom is 0.0540 e. The van der Waals surface area contributed by atoms with Crippen LogP contribution in [0.15, 0.2) is 188 Å². The van der Waals surface area contributed by atoms with Gasteiger partial charge in [-0.25, -0.2) is 0 Å². The third-order valence-electron chi connectivity index (χ3n) is 10.4. The van der Waals surface area contributed by atoms with Crippen molar-refractivity contribution >= 4 is 27.8 Å². The van der Waals surface area contributed by atoms with Gasteiger partial charge in [-0.15, -0.1) is 0 Å². The lowest BCUT2D eigenvalue weighted by Gasteiger charge is -2.29. The molecule has 0 fully saturated rings. The van der Waals surface area contributed by atoms with E-state index < -0.39 is 0 Å². The Hall–Kier alpha value is -6.18. The lowest BCUT2D eigenvalue weighted by atomic mass is 9.79. The van der Waals surface area contributed by atoms with Crippen LogP contribution in [0.4, 0.5) is 17.1 Å². The van der Waals surface area contributed by atoms with Crippen LogP contribution < -0.4 is 4.90 Å². The van der Waals surface area contributed by atoms with Gasteiger partial charge in [0.1, 0.15) is 0 Å². The summed E-state index contributed by atoms with van der Waals surface area (Å²) in [5.41, 5.74) is 16.0. The van der Waals surface area contributed by atoms with Crippen molar-refractivity contribution in [2.75, 3.05) is 4.90 Å². The van der Waals surface area contributed by atoms with E-state index in [1.807, 2.05) is 0 Å². The minimum absolute atomic E-state index is 0.169. The van der Waals surface area contributed by atoms with E-state index in [0.29, 0.717) is 0 Å². The molecule has 0 unspecified atom stereocenters. The number of hydrogen-bond donors (Lipinski definition) is 0. The Morgan fingerprint density at radius 3 is 1.64 bits per heavy atom. The number of anilines is 3. The molecule has 1 heteroatoms. The molecule has 1 aliphatic rings. The molecule has 0 heterocycles. The molecule has 0 N–H and O–H groups in total. The third kappa shape index (κ3) is 4.94. The Balaban J connectivity index is 1.29. The monoisotopic (exact) mass is 639 g/mol. The number of para-hydroxylation sites is 1. The Labute approximate surface area is 294 Å². The summed E-state index contributed by atoms with van der Waals surface area (Å²) in [5, 5.41) is 2.61. The Kier molecular flexibility index (Phi) is 7.21. The highest BCUT2D eigenvalue weighted by atomic mass is 15.1. The third-order valence-corrected chi connectivity index (χ3v) is 10.4. The van der Waals surface area contributed by atoms with E-state index in [2.05, 4.69) is 207 Å². The minimum Gasteiger partial charge on any atom is -0.310 e. The fourth-order valence-corrected chi connectivity index (χ4v) is 8.07. The van der Waals surface area contributed by atoms with E-state index in [1.54, 1.807) is 0 Å². The van der Waals surface area contributed by atoms with Gasteiger partial charge >= 0.3 is 0 Å². The van der Waals surface area contributed by atoms with Crippen molar-refractivity contribution in [3.8, 4) is 44.5 Å². The summed E-state index contributed by atoms with van der Waals surface area (Å²) in [7, 11) is 0. The zero-order chi connectivity index (χ0) is 33.7. The summed E-state index contributed by atoms with van der Waals surface area (Å²) in [4.78, 5) is 2.44. The van der Waals surface area contributed by atoms with Gasteiger partial charge in [-0.05, 0) is 97.2 Å². The Morgan fingerprint density at radius 1 is 0.400 bits per heavy atom. The van der Waals surface area contributed by atoms with Gasteiger partial charge in [-0.3, -0.25) is 0 Å². The van der Waals surface area contributed by atoms with E-state index in [4.69, 9.17) is 0 Å². The molecule has 0 bridgehead atoms. The van der Waals surface area contributed by atoms with Gasteiger partial charge in [0, 0.05) is 22.4 Å². The molecule has 0 atom stereocenters. The van der Waals surface area contributed by atoms with Crippen molar-refractivity contribution in [1.29, 1.82) is 0 Å². The van der Waals surface area contributed by atoms with Gasteiger partial charge < -0.3 is 4.90 Å². The van der Waals surface area contributed by atoms with Crippen LogP contribution in [0.1, 0.15) is 25.0 Å². The molecule has 0 saturated carbocycles. The van der Waals surface area contributed by atoms with Crippen LogP contribution in [0.3, 0.4) is 0 Å². The lowest BCUT2D eigenvalue weighted by Crippen LogP contribution is -2.16. The summed E-state index contributed by atoms with van der Waals surface area (Å²) >= 11 is 0. The van der Waals surface area contributed by atoms with Gasteiger partial charge in [0.15, 0.2) is 0 Å². The van der Waals surface area contributed by atoms with E-state index >= 15 is 0 Å². The first kappa shape index (κ1) is 29.9. The van der Waals surface area contributed by atoms with E-state index in [1.165, 1.54) is 66.4 Å². The molecule has 238 valence electrons. The van der Waals surface area contributed by atoms with Crippen molar-refractivity contribution in [3.63, 3.8) is 0 Å². The molecule has 1 nitrogen and oxygen atoms in total. The molecule has 8 aromatic carbocycles. The topological polar surface area (TPSA) is 3.24 Å². The molecule has 0 radical (unpaired) electrons. The standard InChI is InChI=1S/C49H37N/c1-49(2)45-31-30-40(33-44(45)47-43(37-20-10-5-11-21-37)32-38-22-12-13-24-42(38)48(47)49)50(39-28-26-35(27-29-39)34-16-6-3-7-17-34)46-25-15-14-23-41(46)36-18-8-4-9-19-36/h3-33H,1-2H3. The van der Waals surface area contributed by atoms with E-state index in [9.17, 15) is 0 Å². The van der Waals surface area contributed by atoms with Crippen LogP contribution >= 0.6 is 0 Å². The molecular weight excluding hydrogens is 603 g/mol. The number of benzene rings is 8. The SMILES string of the molecule is CC1(C)c2ccc(N(c3ccc(-c4ccccc4)cc3)c3ccccc3-c3ccccc3)cc2-c2c(-c3ccccc3)cc3ccccc3c21. The Morgan fingerprint density at radius 2 is 0.940 bits per heavy atom. The van der Waals surface area contributed by atoms with Crippen molar-refractivity contribution in [2.24, 2.45) is 0 Å². The average Bonchev–Trinajstić information content (AvgIpc) is 3.42.